The van der Waals surface area contributed by atoms with Gasteiger partial charge in [-0.3, -0.25) is 14.5 Å². The lowest BCUT2D eigenvalue weighted by molar-refractivity contribution is -0.127. The molecule has 0 saturated heterocycles. The van der Waals surface area contributed by atoms with Gasteiger partial charge in [0.15, 0.2) is 0 Å². The maximum absolute atomic E-state index is 13.8. The zero-order chi connectivity index (χ0) is 19.3. The van der Waals surface area contributed by atoms with Crippen LogP contribution >= 0.6 is 0 Å². The van der Waals surface area contributed by atoms with Crippen molar-refractivity contribution >= 4 is 17.5 Å². The number of nitrogens with one attached hydrogen (secondary N) is 2. The highest BCUT2D eigenvalue weighted by Crippen LogP contribution is 2.19. The van der Waals surface area contributed by atoms with Gasteiger partial charge in [-0.15, -0.1) is 0 Å². The smallest absolute Gasteiger partial charge is 0.243 e. The highest BCUT2D eigenvalue weighted by Gasteiger charge is 2.23. The minimum atomic E-state index is -0.755. The molecule has 0 heterocycles. The van der Waals surface area contributed by atoms with Gasteiger partial charge in [0.2, 0.25) is 11.8 Å². The molecule has 0 saturated carbocycles. The predicted molar refractivity (Wildman–Crippen MR) is 95.6 cm³/mol. The first kappa shape index (κ1) is 19.5. The molecule has 5 nitrogen and oxygen atoms in total. The van der Waals surface area contributed by atoms with Gasteiger partial charge in [0.05, 0.1) is 12.2 Å². The van der Waals surface area contributed by atoms with E-state index in [2.05, 4.69) is 10.6 Å². The Labute approximate surface area is 151 Å². The van der Waals surface area contributed by atoms with Crippen molar-refractivity contribution in [1.82, 2.24) is 10.2 Å². The number of amides is 2. The van der Waals surface area contributed by atoms with E-state index in [1.165, 1.54) is 30.3 Å². The van der Waals surface area contributed by atoms with Crippen LogP contribution < -0.4 is 10.6 Å². The van der Waals surface area contributed by atoms with Crippen molar-refractivity contribution in [3.05, 3.63) is 65.2 Å². The Morgan fingerprint density at radius 1 is 1.12 bits per heavy atom. The van der Waals surface area contributed by atoms with Gasteiger partial charge in [0.25, 0.3) is 0 Å². The normalized spacial score (nSPS) is 11.9. The van der Waals surface area contributed by atoms with Crippen LogP contribution in [-0.4, -0.2) is 37.4 Å². The van der Waals surface area contributed by atoms with E-state index in [1.807, 2.05) is 0 Å². The molecule has 0 bridgehead atoms. The number of likely N-dealkylation sites (N-methyl/N-ethyl adjacent to an activating group) is 1. The van der Waals surface area contributed by atoms with E-state index in [0.29, 0.717) is 5.56 Å². The lowest BCUT2D eigenvalue weighted by Gasteiger charge is -2.23. The van der Waals surface area contributed by atoms with Crippen molar-refractivity contribution in [2.45, 2.75) is 13.0 Å². The Bertz CT molecular complexity index is 809. The number of nitrogens with zero attached hydrogens (tertiary/aromatic N) is 1. The molecule has 0 aromatic heterocycles. The Morgan fingerprint density at radius 3 is 2.46 bits per heavy atom. The summed E-state index contributed by atoms with van der Waals surface area (Å²) < 4.78 is 27.2. The lowest BCUT2D eigenvalue weighted by Crippen LogP contribution is -2.40. The molecule has 1 atom stereocenters. The molecule has 0 spiro atoms. The molecule has 2 amide bonds. The summed E-state index contributed by atoms with van der Waals surface area (Å²) in [6.07, 6.45) is 0. The number of rotatable bonds is 6. The van der Waals surface area contributed by atoms with Crippen LogP contribution in [0.4, 0.5) is 14.5 Å². The molecule has 1 unspecified atom stereocenters. The summed E-state index contributed by atoms with van der Waals surface area (Å²) in [6, 6.07) is 9.39. The van der Waals surface area contributed by atoms with Crippen LogP contribution in [0.2, 0.25) is 0 Å². The number of carbonyl (C=O) groups is 2. The molecule has 0 radical (unpaired) electrons. The fourth-order valence-electron chi connectivity index (χ4n) is 2.54. The highest BCUT2D eigenvalue weighted by atomic mass is 19.1. The minimum Gasteiger partial charge on any atom is -0.345 e. The largest absolute Gasteiger partial charge is 0.345 e. The first-order valence-corrected chi connectivity index (χ1v) is 8.03. The van der Waals surface area contributed by atoms with Gasteiger partial charge in [0, 0.05) is 0 Å². The van der Waals surface area contributed by atoms with Crippen molar-refractivity contribution in [1.29, 1.82) is 0 Å². The third-order valence-corrected chi connectivity index (χ3v) is 3.75. The molecule has 2 aromatic carbocycles. The fourth-order valence-corrected chi connectivity index (χ4v) is 2.54. The van der Waals surface area contributed by atoms with Crippen molar-refractivity contribution < 1.29 is 18.4 Å². The number of aryl methyl sites for hydroxylation is 1. The second-order valence-corrected chi connectivity index (χ2v) is 6.17. The van der Waals surface area contributed by atoms with Gasteiger partial charge >= 0.3 is 0 Å². The number of hydrogen-bond donors (Lipinski definition) is 2. The van der Waals surface area contributed by atoms with Crippen LogP contribution in [-0.2, 0) is 9.59 Å². The van der Waals surface area contributed by atoms with Gasteiger partial charge in [-0.1, -0.05) is 18.2 Å². The van der Waals surface area contributed by atoms with Gasteiger partial charge in [-0.2, -0.15) is 0 Å². The molecule has 0 fully saturated rings. The Kier molecular flexibility index (Phi) is 6.41. The van der Waals surface area contributed by atoms with Gasteiger partial charge in [-0.25, -0.2) is 8.78 Å². The van der Waals surface area contributed by atoms with E-state index in [4.69, 9.17) is 0 Å². The number of halogens is 2. The highest BCUT2D eigenvalue weighted by molar-refractivity contribution is 5.95. The zero-order valence-electron chi connectivity index (χ0n) is 14.8. The van der Waals surface area contributed by atoms with E-state index in [9.17, 15) is 18.4 Å². The van der Waals surface area contributed by atoms with E-state index in [1.54, 1.807) is 38.1 Å². The van der Waals surface area contributed by atoms with Crippen molar-refractivity contribution in [2.24, 2.45) is 0 Å². The van der Waals surface area contributed by atoms with Crippen LogP contribution in [0.25, 0.3) is 0 Å². The molecular weight excluding hydrogens is 340 g/mol. The zero-order valence-corrected chi connectivity index (χ0v) is 14.8. The second-order valence-electron chi connectivity index (χ2n) is 6.17. The summed E-state index contributed by atoms with van der Waals surface area (Å²) in [6.45, 7) is 1.41. The number of hydrogen-bond acceptors (Lipinski definition) is 3. The molecule has 0 aliphatic rings. The summed E-state index contributed by atoms with van der Waals surface area (Å²) in [5, 5.41) is 4.90. The Balaban J connectivity index is 2.00. The average molecular weight is 361 g/mol. The lowest BCUT2D eigenvalue weighted by atomic mass is 10.1. The molecular formula is C19H21F2N3O2. The van der Waals surface area contributed by atoms with Crippen LogP contribution in [0, 0.1) is 18.6 Å². The van der Waals surface area contributed by atoms with Crippen molar-refractivity contribution in [2.75, 3.05) is 26.0 Å². The first-order chi connectivity index (χ1) is 12.3. The first-order valence-electron chi connectivity index (χ1n) is 8.03. The second kappa shape index (κ2) is 8.53. The van der Waals surface area contributed by atoms with E-state index in [0.717, 1.165) is 5.56 Å². The van der Waals surface area contributed by atoms with Crippen molar-refractivity contribution in [3.8, 4) is 0 Å². The van der Waals surface area contributed by atoms with E-state index < -0.39 is 29.5 Å². The SMILES string of the molecule is Cc1ccc(NC(=O)CNC(=O)C(c2cccc(F)c2)N(C)C)c(F)c1. The molecule has 138 valence electrons. The summed E-state index contributed by atoms with van der Waals surface area (Å²) in [4.78, 5) is 26.0. The summed E-state index contributed by atoms with van der Waals surface area (Å²) in [5.41, 5.74) is 1.25. The minimum absolute atomic E-state index is 0.0455. The summed E-state index contributed by atoms with van der Waals surface area (Å²) in [7, 11) is 3.35. The van der Waals surface area contributed by atoms with Crippen LogP contribution in [0.1, 0.15) is 17.2 Å². The maximum atomic E-state index is 13.8. The molecule has 2 aromatic rings. The van der Waals surface area contributed by atoms with Crippen LogP contribution in [0.3, 0.4) is 0 Å². The molecule has 0 aliphatic carbocycles. The molecule has 2 rings (SSSR count). The standard InChI is InChI=1S/C19H21F2N3O2/c1-12-7-8-16(15(21)9-12)23-17(25)11-22-19(26)18(24(2)3)13-5-4-6-14(20)10-13/h4-10,18H,11H2,1-3H3,(H,22,26)(H,23,25). The fraction of sp³-hybridized carbons (Fsp3) is 0.263. The van der Waals surface area contributed by atoms with Crippen molar-refractivity contribution in [3.63, 3.8) is 0 Å². The average Bonchev–Trinajstić information content (AvgIpc) is 2.55. The summed E-state index contributed by atoms with van der Waals surface area (Å²) >= 11 is 0. The third kappa shape index (κ3) is 5.10. The number of anilines is 1. The third-order valence-electron chi connectivity index (χ3n) is 3.75. The van der Waals surface area contributed by atoms with Crippen LogP contribution in [0.5, 0.6) is 0 Å². The molecule has 26 heavy (non-hydrogen) atoms. The molecule has 2 N–H and O–H groups in total. The Morgan fingerprint density at radius 2 is 1.85 bits per heavy atom. The topological polar surface area (TPSA) is 61.4 Å². The maximum Gasteiger partial charge on any atom is 0.243 e. The summed E-state index contributed by atoms with van der Waals surface area (Å²) in [5.74, 6) is -2.01. The van der Waals surface area contributed by atoms with Gasteiger partial charge in [-0.05, 0) is 56.4 Å². The molecule has 7 heteroatoms. The quantitative estimate of drug-likeness (QED) is 0.832. The van der Waals surface area contributed by atoms with Gasteiger partial charge < -0.3 is 10.6 Å². The number of carbonyl (C=O) groups excluding carboxylic acids is 2. The van der Waals surface area contributed by atoms with Crippen LogP contribution in [0.15, 0.2) is 42.5 Å². The Hall–Kier alpha value is -2.80. The molecule has 0 aliphatic heterocycles. The van der Waals surface area contributed by atoms with E-state index >= 15 is 0 Å². The van der Waals surface area contributed by atoms with E-state index in [-0.39, 0.29) is 12.2 Å². The predicted octanol–water partition coefficient (Wildman–Crippen LogP) is 2.63. The monoisotopic (exact) mass is 361 g/mol. The van der Waals surface area contributed by atoms with Gasteiger partial charge in [0.1, 0.15) is 17.7 Å². The number of benzene rings is 2.